The Morgan fingerprint density at radius 2 is 2.29 bits per heavy atom. The molecule has 17 heavy (non-hydrogen) atoms. The van der Waals surface area contributed by atoms with Crippen molar-refractivity contribution >= 4 is 23.2 Å². The highest BCUT2D eigenvalue weighted by Crippen LogP contribution is 2.14. The first kappa shape index (κ1) is 11.9. The largest absolute Gasteiger partial charge is 0.466 e. The fraction of sp³-hybridized carbons (Fsp3) is 0.364. The first-order valence-electron chi connectivity index (χ1n) is 5.27. The summed E-state index contributed by atoms with van der Waals surface area (Å²) < 4.78 is 6.39. The normalized spacial score (nSPS) is 10.8. The molecule has 0 saturated heterocycles. The van der Waals surface area contributed by atoms with Crippen LogP contribution in [-0.4, -0.2) is 27.2 Å². The summed E-state index contributed by atoms with van der Waals surface area (Å²) in [5.74, 6) is -0.309. The quantitative estimate of drug-likeness (QED) is 0.618. The third-order valence-electron chi connectivity index (χ3n) is 2.19. The Balaban J connectivity index is 2.33. The minimum absolute atomic E-state index is 0.119. The number of halogens is 1. The van der Waals surface area contributed by atoms with Gasteiger partial charge in [-0.05, 0) is 19.9 Å². The highest BCUT2D eigenvalue weighted by molar-refractivity contribution is 6.29. The summed E-state index contributed by atoms with van der Waals surface area (Å²) in [6, 6.07) is 3.43. The summed E-state index contributed by atoms with van der Waals surface area (Å²) in [6.07, 6.45) is 0.119. The first-order chi connectivity index (χ1) is 8.10. The number of ether oxygens (including phenoxy) is 1. The van der Waals surface area contributed by atoms with Crippen molar-refractivity contribution in [2.45, 2.75) is 20.3 Å². The number of rotatable bonds is 3. The Morgan fingerprint density at radius 1 is 1.53 bits per heavy atom. The molecule has 0 radical (unpaired) electrons. The monoisotopic (exact) mass is 253 g/mol. The summed E-state index contributed by atoms with van der Waals surface area (Å²) in [4.78, 5) is 15.6. The van der Waals surface area contributed by atoms with E-state index < -0.39 is 0 Å². The molecule has 0 bridgehead atoms. The fourth-order valence-corrected chi connectivity index (χ4v) is 1.80. The minimum Gasteiger partial charge on any atom is -0.466 e. The van der Waals surface area contributed by atoms with E-state index in [2.05, 4.69) is 10.1 Å². The molecule has 0 aliphatic heterocycles. The van der Waals surface area contributed by atoms with Crippen molar-refractivity contribution in [2.24, 2.45) is 0 Å². The molecule has 0 aliphatic rings. The molecule has 0 unspecified atom stereocenters. The zero-order valence-electron chi connectivity index (χ0n) is 9.61. The van der Waals surface area contributed by atoms with Crippen LogP contribution in [0, 0.1) is 6.92 Å². The summed E-state index contributed by atoms with van der Waals surface area (Å²) in [5.41, 5.74) is 2.04. The first-order valence-corrected chi connectivity index (χ1v) is 5.65. The van der Waals surface area contributed by atoms with Gasteiger partial charge in [-0.2, -0.15) is 5.10 Å². The van der Waals surface area contributed by atoms with Crippen LogP contribution in [0.2, 0.25) is 5.15 Å². The van der Waals surface area contributed by atoms with Crippen LogP contribution in [0.5, 0.6) is 0 Å². The van der Waals surface area contributed by atoms with Gasteiger partial charge in [0.15, 0.2) is 5.65 Å². The number of carbonyl (C=O) groups excluding carboxylic acids is 1. The molecule has 0 saturated carbocycles. The van der Waals surface area contributed by atoms with Gasteiger partial charge in [-0.15, -0.1) is 0 Å². The molecule has 0 fully saturated rings. The van der Waals surface area contributed by atoms with Crippen LogP contribution < -0.4 is 0 Å². The highest BCUT2D eigenvalue weighted by Gasteiger charge is 2.10. The maximum atomic E-state index is 11.3. The second-order valence-corrected chi connectivity index (χ2v) is 3.99. The number of nitrogens with zero attached hydrogens (tertiary/aromatic N) is 3. The third-order valence-corrected chi connectivity index (χ3v) is 2.46. The van der Waals surface area contributed by atoms with Crippen LogP contribution in [0.1, 0.15) is 18.3 Å². The standard InChI is InChI=1S/C11H12ClN3O2/c1-3-17-11(16)6-8-5-9(12)15-10(13-8)4-7(2)14-15/h4-5H,3,6H2,1-2H3. The number of hydrogen-bond donors (Lipinski definition) is 0. The molecule has 0 N–H and O–H groups in total. The average Bonchev–Trinajstić information content (AvgIpc) is 2.59. The maximum Gasteiger partial charge on any atom is 0.311 e. The van der Waals surface area contributed by atoms with Gasteiger partial charge in [0, 0.05) is 6.07 Å². The van der Waals surface area contributed by atoms with Crippen molar-refractivity contribution in [3.63, 3.8) is 0 Å². The molecule has 90 valence electrons. The Morgan fingerprint density at radius 3 is 3.00 bits per heavy atom. The average molecular weight is 254 g/mol. The van der Waals surface area contributed by atoms with Gasteiger partial charge in [-0.1, -0.05) is 11.6 Å². The molecule has 0 spiro atoms. The lowest BCUT2D eigenvalue weighted by Gasteiger charge is -2.03. The van der Waals surface area contributed by atoms with E-state index in [9.17, 15) is 4.79 Å². The van der Waals surface area contributed by atoms with Crippen molar-refractivity contribution in [3.05, 3.63) is 28.7 Å². The van der Waals surface area contributed by atoms with E-state index in [0.717, 1.165) is 5.69 Å². The zero-order valence-corrected chi connectivity index (χ0v) is 10.4. The lowest BCUT2D eigenvalue weighted by molar-refractivity contribution is -0.142. The molecular weight excluding hydrogens is 242 g/mol. The van der Waals surface area contributed by atoms with Gasteiger partial charge < -0.3 is 4.74 Å². The van der Waals surface area contributed by atoms with Gasteiger partial charge in [0.2, 0.25) is 0 Å². The molecule has 0 aromatic carbocycles. The van der Waals surface area contributed by atoms with Gasteiger partial charge >= 0.3 is 5.97 Å². The van der Waals surface area contributed by atoms with Gasteiger partial charge in [-0.25, -0.2) is 9.50 Å². The zero-order chi connectivity index (χ0) is 12.4. The predicted molar refractivity (Wildman–Crippen MR) is 63.1 cm³/mol. The molecule has 0 aliphatic carbocycles. The lowest BCUT2D eigenvalue weighted by Crippen LogP contribution is -2.09. The number of fused-ring (bicyclic) bond motifs is 1. The van der Waals surface area contributed by atoms with E-state index in [1.807, 2.05) is 6.92 Å². The topological polar surface area (TPSA) is 56.5 Å². The summed E-state index contributed by atoms with van der Waals surface area (Å²) >= 11 is 6.04. The molecule has 2 aromatic rings. The second kappa shape index (κ2) is 4.71. The van der Waals surface area contributed by atoms with Gasteiger partial charge in [-0.3, -0.25) is 4.79 Å². The van der Waals surface area contributed by atoms with Crippen LogP contribution in [0.4, 0.5) is 0 Å². The molecule has 2 rings (SSSR count). The van der Waals surface area contributed by atoms with E-state index in [1.54, 1.807) is 19.1 Å². The van der Waals surface area contributed by atoms with Crippen molar-refractivity contribution in [1.82, 2.24) is 14.6 Å². The lowest BCUT2D eigenvalue weighted by atomic mass is 10.3. The maximum absolute atomic E-state index is 11.3. The Bertz CT molecular complexity index is 565. The van der Waals surface area contributed by atoms with E-state index in [0.29, 0.717) is 23.1 Å². The second-order valence-electron chi connectivity index (χ2n) is 3.61. The van der Waals surface area contributed by atoms with E-state index in [4.69, 9.17) is 16.3 Å². The van der Waals surface area contributed by atoms with E-state index in [-0.39, 0.29) is 12.4 Å². The minimum atomic E-state index is -0.309. The molecular formula is C11H12ClN3O2. The number of hydrogen-bond acceptors (Lipinski definition) is 4. The van der Waals surface area contributed by atoms with Crippen molar-refractivity contribution in [3.8, 4) is 0 Å². The Hall–Kier alpha value is -1.62. The number of carbonyl (C=O) groups is 1. The highest BCUT2D eigenvalue weighted by atomic mass is 35.5. The van der Waals surface area contributed by atoms with Crippen LogP contribution in [0.3, 0.4) is 0 Å². The summed E-state index contributed by atoms with van der Waals surface area (Å²) in [6.45, 7) is 3.98. The van der Waals surface area contributed by atoms with Crippen LogP contribution in [-0.2, 0) is 16.0 Å². The molecule has 2 aromatic heterocycles. The number of aryl methyl sites for hydroxylation is 1. The van der Waals surface area contributed by atoms with Crippen molar-refractivity contribution < 1.29 is 9.53 Å². The van der Waals surface area contributed by atoms with Crippen LogP contribution in [0.15, 0.2) is 12.1 Å². The molecule has 5 nitrogen and oxygen atoms in total. The van der Waals surface area contributed by atoms with Crippen molar-refractivity contribution in [2.75, 3.05) is 6.61 Å². The van der Waals surface area contributed by atoms with Gasteiger partial charge in [0.1, 0.15) is 5.15 Å². The Kier molecular flexibility index (Phi) is 3.28. The van der Waals surface area contributed by atoms with E-state index >= 15 is 0 Å². The van der Waals surface area contributed by atoms with E-state index in [1.165, 1.54) is 4.52 Å². The SMILES string of the molecule is CCOC(=O)Cc1cc(Cl)n2nc(C)cc2n1. The molecule has 0 atom stereocenters. The predicted octanol–water partition coefficient (Wildman–Crippen LogP) is 1.80. The smallest absolute Gasteiger partial charge is 0.311 e. The number of aromatic nitrogens is 3. The third kappa shape index (κ3) is 2.55. The Labute approximate surface area is 103 Å². The summed E-state index contributed by atoms with van der Waals surface area (Å²) in [7, 11) is 0. The molecule has 2 heterocycles. The number of esters is 1. The van der Waals surface area contributed by atoms with Gasteiger partial charge in [0.05, 0.1) is 24.4 Å². The molecule has 0 amide bonds. The van der Waals surface area contributed by atoms with Crippen LogP contribution >= 0.6 is 11.6 Å². The van der Waals surface area contributed by atoms with Crippen LogP contribution in [0.25, 0.3) is 5.65 Å². The summed E-state index contributed by atoms with van der Waals surface area (Å²) in [5, 5.41) is 4.61. The fourth-order valence-electron chi connectivity index (χ4n) is 1.55. The van der Waals surface area contributed by atoms with Gasteiger partial charge in [0.25, 0.3) is 0 Å². The van der Waals surface area contributed by atoms with Crippen molar-refractivity contribution in [1.29, 1.82) is 0 Å². The molecule has 6 heteroatoms.